The average Bonchev–Trinajstić information content (AvgIpc) is 2.07. The van der Waals surface area contributed by atoms with E-state index < -0.39 is 0 Å². The van der Waals surface area contributed by atoms with Crippen LogP contribution in [0.25, 0.3) is 0 Å². The summed E-state index contributed by atoms with van der Waals surface area (Å²) >= 11 is 1.81. The maximum absolute atomic E-state index is 9.95. The van der Waals surface area contributed by atoms with Crippen LogP contribution in [0.15, 0.2) is 11.5 Å². The molecule has 0 aliphatic heterocycles. The Morgan fingerprint density at radius 2 is 1.91 bits per heavy atom. The van der Waals surface area contributed by atoms with Gasteiger partial charge in [-0.3, -0.25) is 4.79 Å². The van der Waals surface area contributed by atoms with Gasteiger partial charge in [0.05, 0.1) is 0 Å². The zero-order valence-corrected chi connectivity index (χ0v) is 7.48. The fourth-order valence-electron chi connectivity index (χ4n) is 1.39. The third-order valence-corrected chi connectivity index (χ3v) is 3.15. The van der Waals surface area contributed by atoms with E-state index in [0.717, 1.165) is 11.5 Å². The fraction of sp³-hybridized carbons (Fsp3) is 0.667. The van der Waals surface area contributed by atoms with Crippen LogP contribution in [0.4, 0.5) is 0 Å². The molecule has 0 heterocycles. The van der Waals surface area contributed by atoms with E-state index in [1.54, 1.807) is 6.08 Å². The van der Waals surface area contributed by atoms with Crippen molar-refractivity contribution in [3.05, 3.63) is 11.5 Å². The van der Waals surface area contributed by atoms with Gasteiger partial charge in [-0.25, -0.2) is 0 Å². The molecule has 1 nitrogen and oxygen atoms in total. The predicted molar refractivity (Wildman–Crippen MR) is 49.7 cm³/mol. The quantitative estimate of drug-likeness (QED) is 0.478. The van der Waals surface area contributed by atoms with Crippen molar-refractivity contribution >= 4 is 18.0 Å². The second-order valence-electron chi connectivity index (χ2n) is 2.86. The van der Waals surface area contributed by atoms with Crippen LogP contribution in [0.5, 0.6) is 0 Å². The van der Waals surface area contributed by atoms with Crippen molar-refractivity contribution in [3.63, 3.8) is 0 Å². The molecule has 0 N–H and O–H groups in total. The summed E-state index contributed by atoms with van der Waals surface area (Å²) in [5.41, 5.74) is 0. The standard InChI is InChI=1S/C9H14OS/c10-7-4-8-11-9-5-2-1-3-6-9/h4,7-9H,1-3,5-6H2/b8-4-. The number of allylic oxidation sites excluding steroid dienone is 1. The first-order valence-corrected chi connectivity index (χ1v) is 5.13. The Bertz CT molecular complexity index is 136. The van der Waals surface area contributed by atoms with Gasteiger partial charge >= 0.3 is 0 Å². The van der Waals surface area contributed by atoms with Gasteiger partial charge in [-0.15, -0.1) is 11.8 Å². The summed E-state index contributed by atoms with van der Waals surface area (Å²) in [6, 6.07) is 0. The van der Waals surface area contributed by atoms with Crippen molar-refractivity contribution in [1.82, 2.24) is 0 Å². The van der Waals surface area contributed by atoms with Crippen LogP contribution < -0.4 is 0 Å². The van der Waals surface area contributed by atoms with Crippen molar-refractivity contribution in [3.8, 4) is 0 Å². The van der Waals surface area contributed by atoms with E-state index in [0.29, 0.717) is 0 Å². The lowest BCUT2D eigenvalue weighted by molar-refractivity contribution is -0.104. The van der Waals surface area contributed by atoms with Crippen LogP contribution in [0.2, 0.25) is 0 Å². The molecule has 0 amide bonds. The van der Waals surface area contributed by atoms with Gasteiger partial charge in [0.1, 0.15) is 6.29 Å². The minimum Gasteiger partial charge on any atom is -0.299 e. The summed E-state index contributed by atoms with van der Waals surface area (Å²) in [6.07, 6.45) is 9.21. The van der Waals surface area contributed by atoms with Gasteiger partial charge in [-0.1, -0.05) is 19.3 Å². The molecule has 0 spiro atoms. The van der Waals surface area contributed by atoms with E-state index in [1.165, 1.54) is 32.1 Å². The number of carbonyl (C=O) groups is 1. The van der Waals surface area contributed by atoms with E-state index in [1.807, 2.05) is 17.2 Å². The van der Waals surface area contributed by atoms with Crippen molar-refractivity contribution in [2.45, 2.75) is 37.4 Å². The zero-order valence-electron chi connectivity index (χ0n) is 6.66. The number of thioether (sulfide) groups is 1. The lowest BCUT2D eigenvalue weighted by atomic mass is 10.0. The topological polar surface area (TPSA) is 17.1 Å². The smallest absolute Gasteiger partial charge is 0.143 e. The summed E-state index contributed by atoms with van der Waals surface area (Å²) < 4.78 is 0. The molecule has 1 aliphatic rings. The highest BCUT2D eigenvalue weighted by molar-refractivity contribution is 8.02. The molecule has 1 rings (SSSR count). The highest BCUT2D eigenvalue weighted by Gasteiger charge is 2.11. The van der Waals surface area contributed by atoms with Crippen LogP contribution in [0, 0.1) is 0 Å². The molecule has 0 aromatic heterocycles. The van der Waals surface area contributed by atoms with Gasteiger partial charge in [-0.2, -0.15) is 0 Å². The molecular weight excluding hydrogens is 156 g/mol. The molecule has 2 heteroatoms. The van der Waals surface area contributed by atoms with Crippen LogP contribution >= 0.6 is 11.8 Å². The Morgan fingerprint density at radius 3 is 2.55 bits per heavy atom. The molecular formula is C9H14OS. The minimum absolute atomic E-state index is 0.778. The van der Waals surface area contributed by atoms with Gasteiger partial charge in [0.15, 0.2) is 0 Å². The summed E-state index contributed by atoms with van der Waals surface area (Å²) in [6.45, 7) is 0. The third-order valence-electron chi connectivity index (χ3n) is 1.98. The van der Waals surface area contributed by atoms with Crippen LogP contribution in [0.3, 0.4) is 0 Å². The molecule has 0 aromatic carbocycles. The molecule has 1 fully saturated rings. The van der Waals surface area contributed by atoms with Gasteiger partial charge in [0.25, 0.3) is 0 Å². The Hall–Kier alpha value is -0.240. The molecule has 11 heavy (non-hydrogen) atoms. The summed E-state index contributed by atoms with van der Waals surface area (Å²) in [7, 11) is 0. The maximum Gasteiger partial charge on any atom is 0.143 e. The number of carbonyl (C=O) groups excluding carboxylic acids is 1. The summed E-state index contributed by atoms with van der Waals surface area (Å²) in [5, 5.41) is 2.70. The number of rotatable bonds is 3. The van der Waals surface area contributed by atoms with Crippen molar-refractivity contribution in [2.24, 2.45) is 0 Å². The normalized spacial score (nSPS) is 20.7. The Morgan fingerprint density at radius 1 is 1.18 bits per heavy atom. The minimum atomic E-state index is 0.778. The first kappa shape index (κ1) is 8.85. The lowest BCUT2D eigenvalue weighted by Gasteiger charge is -2.18. The molecule has 0 atom stereocenters. The van der Waals surface area contributed by atoms with E-state index in [-0.39, 0.29) is 0 Å². The first-order valence-electron chi connectivity index (χ1n) is 4.19. The van der Waals surface area contributed by atoms with E-state index >= 15 is 0 Å². The molecule has 0 bridgehead atoms. The number of hydrogen-bond donors (Lipinski definition) is 0. The summed E-state index contributed by atoms with van der Waals surface area (Å²) in [5.74, 6) is 0. The zero-order chi connectivity index (χ0) is 7.94. The van der Waals surface area contributed by atoms with Crippen molar-refractivity contribution < 1.29 is 4.79 Å². The highest BCUT2D eigenvalue weighted by Crippen LogP contribution is 2.28. The lowest BCUT2D eigenvalue weighted by Crippen LogP contribution is -2.06. The fourth-order valence-corrected chi connectivity index (χ4v) is 2.37. The number of hydrogen-bond acceptors (Lipinski definition) is 2. The maximum atomic E-state index is 9.95. The van der Waals surface area contributed by atoms with Crippen LogP contribution in [-0.2, 0) is 4.79 Å². The SMILES string of the molecule is O=C/C=C\SC1CCCCC1. The average molecular weight is 170 g/mol. The van der Waals surface area contributed by atoms with Gasteiger partial charge in [-0.05, 0) is 24.3 Å². The summed E-state index contributed by atoms with van der Waals surface area (Å²) in [4.78, 5) is 9.95. The van der Waals surface area contributed by atoms with Gasteiger partial charge in [0.2, 0.25) is 0 Å². The molecule has 0 radical (unpaired) electrons. The molecule has 0 saturated heterocycles. The van der Waals surface area contributed by atoms with Gasteiger partial charge in [0, 0.05) is 5.25 Å². The second kappa shape index (κ2) is 5.42. The largest absolute Gasteiger partial charge is 0.299 e. The first-order chi connectivity index (χ1) is 5.43. The number of aldehydes is 1. The molecule has 1 aliphatic carbocycles. The third kappa shape index (κ3) is 3.61. The molecule has 0 unspecified atom stereocenters. The van der Waals surface area contributed by atoms with E-state index in [2.05, 4.69) is 0 Å². The van der Waals surface area contributed by atoms with Gasteiger partial charge < -0.3 is 0 Å². The highest BCUT2D eigenvalue weighted by atomic mass is 32.2. The monoisotopic (exact) mass is 170 g/mol. The van der Waals surface area contributed by atoms with Crippen molar-refractivity contribution in [1.29, 1.82) is 0 Å². The van der Waals surface area contributed by atoms with Crippen LogP contribution in [-0.4, -0.2) is 11.5 Å². The van der Waals surface area contributed by atoms with E-state index in [4.69, 9.17) is 0 Å². The Labute approximate surface area is 72.2 Å². The molecule has 62 valence electrons. The van der Waals surface area contributed by atoms with Crippen molar-refractivity contribution in [2.75, 3.05) is 0 Å². The predicted octanol–water partition coefficient (Wildman–Crippen LogP) is 2.76. The molecule has 1 saturated carbocycles. The second-order valence-corrected chi connectivity index (χ2v) is 4.07. The molecule has 0 aromatic rings. The Balaban J connectivity index is 2.14. The van der Waals surface area contributed by atoms with Crippen LogP contribution in [0.1, 0.15) is 32.1 Å². The Kier molecular flexibility index (Phi) is 4.36. The van der Waals surface area contributed by atoms with E-state index in [9.17, 15) is 4.79 Å².